The molecule has 2 aromatic carbocycles. The molecule has 0 unspecified atom stereocenters. The molecule has 0 aromatic heterocycles. The Hall–Kier alpha value is 1.80. The fourth-order valence-corrected chi connectivity index (χ4v) is 11.2. The summed E-state index contributed by atoms with van der Waals surface area (Å²) in [4.78, 5) is 0. The van der Waals surface area contributed by atoms with Crippen molar-refractivity contribution < 1.29 is 0 Å². The third kappa shape index (κ3) is 2.82. The van der Waals surface area contributed by atoms with E-state index in [2.05, 4.69) is 0 Å². The molecule has 116 valence electrons. The van der Waals surface area contributed by atoms with Crippen LogP contribution in [0.2, 0.25) is 40.2 Å². The molecule has 1 heterocycles. The van der Waals surface area contributed by atoms with Gasteiger partial charge in [0.15, 0.2) is 0 Å². The van der Waals surface area contributed by atoms with Crippen LogP contribution in [-0.4, -0.2) is 29.9 Å². The Morgan fingerprint density at radius 2 is 0.500 bits per heavy atom. The molecule has 2 aromatic rings. The first-order valence-electron chi connectivity index (χ1n) is 5.33. The second-order valence-electron chi connectivity index (χ2n) is 4.03. The van der Waals surface area contributed by atoms with E-state index >= 15 is 0 Å². The fourth-order valence-electron chi connectivity index (χ4n) is 1.75. The number of benzene rings is 2. The molecule has 0 radical (unpaired) electrons. The van der Waals surface area contributed by atoms with E-state index in [9.17, 15) is 0 Å². The van der Waals surface area contributed by atoms with Gasteiger partial charge < -0.3 is 0 Å². The Labute approximate surface area is 178 Å². The zero-order valence-corrected chi connectivity index (χ0v) is 19.3. The molecular weight excluding hydrogens is 586 g/mol. The van der Waals surface area contributed by atoms with Crippen LogP contribution in [0.1, 0.15) is 0 Å². The van der Waals surface area contributed by atoms with Crippen molar-refractivity contribution in [2.75, 3.05) is 0 Å². The second-order valence-corrected chi connectivity index (χ2v) is 11.3. The minimum atomic E-state index is -0.255. The van der Waals surface area contributed by atoms with E-state index in [4.69, 9.17) is 92.8 Å². The molecule has 0 saturated carbocycles. The molecule has 0 bridgehead atoms. The van der Waals surface area contributed by atoms with Gasteiger partial charge in [-0.15, -0.1) is 0 Å². The Kier molecular flexibility index (Phi) is 5.78. The number of halogens is 8. The maximum atomic E-state index is 6.33. The van der Waals surface area contributed by atoms with Crippen LogP contribution in [0.15, 0.2) is 0 Å². The van der Waals surface area contributed by atoms with Crippen LogP contribution in [0, 0.1) is 0 Å². The van der Waals surface area contributed by atoms with Crippen molar-refractivity contribution in [2.24, 2.45) is 0 Å². The van der Waals surface area contributed by atoms with Crippen molar-refractivity contribution in [1.29, 1.82) is 0 Å². The van der Waals surface area contributed by atoms with Crippen LogP contribution in [-0.2, 0) is 0 Å². The van der Waals surface area contributed by atoms with Gasteiger partial charge in [-0.25, -0.2) is 0 Å². The van der Waals surface area contributed by atoms with E-state index < -0.39 is 0 Å². The molecule has 0 nitrogen and oxygen atoms in total. The van der Waals surface area contributed by atoms with Crippen LogP contribution in [0.3, 0.4) is 0 Å². The van der Waals surface area contributed by atoms with Gasteiger partial charge >= 0.3 is 181 Å². The zero-order chi connectivity index (χ0) is 16.3. The standard InChI is InChI=1S/C12Cl8Se2/c13-1-2(14)6(18)10-9(5(1)17)21-11-7(19)3(15)4(16)8(20)12(11)22-10. The van der Waals surface area contributed by atoms with Crippen LogP contribution >= 0.6 is 92.8 Å². The third-order valence-electron chi connectivity index (χ3n) is 2.77. The van der Waals surface area contributed by atoms with Crippen molar-refractivity contribution >= 4 is 141 Å². The molecule has 0 spiro atoms. The van der Waals surface area contributed by atoms with Gasteiger partial charge in [-0.3, -0.25) is 0 Å². The van der Waals surface area contributed by atoms with Crippen LogP contribution in [0.5, 0.6) is 0 Å². The summed E-state index contributed by atoms with van der Waals surface area (Å²) in [6.45, 7) is 0. The maximum absolute atomic E-state index is 6.33. The molecule has 0 saturated heterocycles. The van der Waals surface area contributed by atoms with Crippen molar-refractivity contribution in [3.63, 3.8) is 0 Å². The minimum absolute atomic E-state index is 0.246. The molecule has 3 rings (SSSR count). The topological polar surface area (TPSA) is 0 Å². The SMILES string of the molecule is Clc1c(Cl)c(Cl)c2c(c1Cl)[Se]c1c(Cl)c(Cl)c(Cl)c(Cl)c1[Se]2. The fraction of sp³-hybridized carbons (Fsp3) is 0. The normalized spacial score (nSPS) is 13.1. The molecule has 1 aliphatic rings. The van der Waals surface area contributed by atoms with E-state index in [0.717, 1.165) is 17.8 Å². The predicted molar refractivity (Wildman–Crippen MR) is 103 cm³/mol. The first kappa shape index (κ1) is 18.6. The molecule has 0 fully saturated rings. The summed E-state index contributed by atoms with van der Waals surface area (Å²) in [6.07, 6.45) is 0. The predicted octanol–water partition coefficient (Wildman–Crippen LogP) is 4.54. The first-order chi connectivity index (χ1) is 10.3. The molecule has 0 N–H and O–H groups in total. The zero-order valence-electron chi connectivity index (χ0n) is 9.84. The summed E-state index contributed by atoms with van der Waals surface area (Å²) >= 11 is 49.4. The summed E-state index contributed by atoms with van der Waals surface area (Å²) in [7, 11) is 0. The van der Waals surface area contributed by atoms with Gasteiger partial charge in [-0.2, -0.15) is 0 Å². The Balaban J connectivity index is 2.32. The van der Waals surface area contributed by atoms with Crippen molar-refractivity contribution in [3.05, 3.63) is 40.2 Å². The summed E-state index contributed by atoms with van der Waals surface area (Å²) in [6, 6.07) is 0. The molecule has 0 aliphatic carbocycles. The Morgan fingerprint density at radius 3 is 0.682 bits per heavy atom. The summed E-state index contributed by atoms with van der Waals surface area (Å²) in [5.41, 5.74) is 0. The van der Waals surface area contributed by atoms with Gasteiger partial charge in [-0.05, 0) is 0 Å². The molecule has 1 aliphatic heterocycles. The van der Waals surface area contributed by atoms with Crippen LogP contribution in [0.25, 0.3) is 0 Å². The van der Waals surface area contributed by atoms with Gasteiger partial charge in [0.2, 0.25) is 0 Å². The molecule has 22 heavy (non-hydrogen) atoms. The van der Waals surface area contributed by atoms with E-state index in [1.165, 1.54) is 0 Å². The van der Waals surface area contributed by atoms with Crippen molar-refractivity contribution in [3.8, 4) is 0 Å². The quantitative estimate of drug-likeness (QED) is 0.207. The summed E-state index contributed by atoms with van der Waals surface area (Å²) < 4.78 is 3.43. The Morgan fingerprint density at radius 1 is 0.318 bits per heavy atom. The number of rotatable bonds is 0. The number of hydrogen-bond donors (Lipinski definition) is 0. The van der Waals surface area contributed by atoms with Gasteiger partial charge in [0.25, 0.3) is 0 Å². The van der Waals surface area contributed by atoms with Gasteiger partial charge in [0.05, 0.1) is 0 Å². The van der Waals surface area contributed by atoms with E-state index in [1.54, 1.807) is 0 Å². The second kappa shape index (κ2) is 6.84. The van der Waals surface area contributed by atoms with E-state index in [-0.39, 0.29) is 50.0 Å². The van der Waals surface area contributed by atoms with Crippen LogP contribution in [0.4, 0.5) is 0 Å². The van der Waals surface area contributed by atoms with Crippen molar-refractivity contribution in [2.45, 2.75) is 0 Å². The first-order valence-corrected chi connectivity index (χ1v) is 11.8. The van der Waals surface area contributed by atoms with Gasteiger partial charge in [-0.1, -0.05) is 0 Å². The third-order valence-corrected chi connectivity index (χ3v) is 13.8. The molecule has 10 heteroatoms. The van der Waals surface area contributed by atoms with Crippen molar-refractivity contribution in [1.82, 2.24) is 0 Å². The van der Waals surface area contributed by atoms with Crippen LogP contribution < -0.4 is 17.8 Å². The Bertz CT molecular complexity index is 698. The van der Waals surface area contributed by atoms with Gasteiger partial charge in [0.1, 0.15) is 0 Å². The molecular formula is C12Cl8Se2. The monoisotopic (exact) mass is 584 g/mol. The van der Waals surface area contributed by atoms with E-state index in [1.807, 2.05) is 0 Å². The number of fused-ring (bicyclic) bond motifs is 2. The average Bonchev–Trinajstić information content (AvgIpc) is 2.52. The molecule has 0 atom stereocenters. The van der Waals surface area contributed by atoms with E-state index in [0.29, 0.717) is 20.1 Å². The average molecular weight is 586 g/mol. The van der Waals surface area contributed by atoms with Gasteiger partial charge in [0, 0.05) is 0 Å². The number of hydrogen-bond acceptors (Lipinski definition) is 0. The summed E-state index contributed by atoms with van der Waals surface area (Å²) in [5.74, 6) is 0. The molecule has 0 amide bonds. The summed E-state index contributed by atoms with van der Waals surface area (Å²) in [5, 5.41) is 2.58.